The van der Waals surface area contributed by atoms with Crippen molar-refractivity contribution in [2.24, 2.45) is 0 Å². The molecule has 1 aliphatic rings. The molecule has 1 saturated carbocycles. The number of benzene rings is 1. The highest BCUT2D eigenvalue weighted by Crippen LogP contribution is 2.41. The molecular weight excluding hydrogens is 285 g/mol. The second-order valence-electron chi connectivity index (χ2n) is 5.42. The van der Waals surface area contributed by atoms with Crippen LogP contribution < -0.4 is 0 Å². The van der Waals surface area contributed by atoms with E-state index in [9.17, 15) is 23.1 Å². The van der Waals surface area contributed by atoms with Gasteiger partial charge < -0.3 is 10.2 Å². The fraction of sp³-hybridized carbons (Fsp3) is 0.533. The predicted octanol–water partition coefficient (Wildman–Crippen LogP) is 3.87. The summed E-state index contributed by atoms with van der Waals surface area (Å²) in [4.78, 5) is 10.7. The lowest BCUT2D eigenvalue weighted by molar-refractivity contribution is -0.147. The van der Waals surface area contributed by atoms with Crippen molar-refractivity contribution in [1.29, 1.82) is 0 Å². The minimum Gasteiger partial charge on any atom is -0.479 e. The van der Waals surface area contributed by atoms with Crippen LogP contribution in [0.4, 0.5) is 13.2 Å². The molecule has 21 heavy (non-hydrogen) atoms. The Kier molecular flexibility index (Phi) is 4.56. The second kappa shape index (κ2) is 6.05. The molecule has 1 aromatic carbocycles. The molecule has 0 amide bonds. The lowest BCUT2D eigenvalue weighted by Gasteiger charge is -2.26. The maximum absolute atomic E-state index is 13.2. The van der Waals surface area contributed by atoms with Crippen molar-refractivity contribution < 1.29 is 28.2 Å². The Labute approximate surface area is 120 Å². The number of carboxylic acids is 1. The summed E-state index contributed by atoms with van der Waals surface area (Å²) >= 11 is 0. The summed E-state index contributed by atoms with van der Waals surface area (Å²) in [6.45, 7) is 0. The van der Waals surface area contributed by atoms with E-state index in [1.54, 1.807) is 0 Å². The smallest absolute Gasteiger partial charge is 0.416 e. The summed E-state index contributed by atoms with van der Waals surface area (Å²) < 4.78 is 39.7. The van der Waals surface area contributed by atoms with E-state index in [-0.39, 0.29) is 17.0 Å². The maximum atomic E-state index is 13.2. The Morgan fingerprint density at radius 2 is 1.81 bits per heavy atom. The first kappa shape index (κ1) is 15.8. The van der Waals surface area contributed by atoms with Crippen molar-refractivity contribution in [2.45, 2.75) is 50.3 Å². The van der Waals surface area contributed by atoms with Gasteiger partial charge in [-0.1, -0.05) is 31.4 Å². The van der Waals surface area contributed by atoms with Crippen LogP contribution in [0.15, 0.2) is 18.2 Å². The highest BCUT2D eigenvalue weighted by molar-refractivity contribution is 5.74. The Morgan fingerprint density at radius 1 is 1.19 bits per heavy atom. The van der Waals surface area contributed by atoms with Gasteiger partial charge in [0.05, 0.1) is 5.56 Å². The number of aliphatic carboxylic acids is 1. The fourth-order valence-corrected chi connectivity index (χ4v) is 2.90. The third-order valence-electron chi connectivity index (χ3n) is 3.98. The molecular formula is C15H17F3O3. The highest BCUT2D eigenvalue weighted by Gasteiger charge is 2.36. The molecule has 0 aliphatic heterocycles. The van der Waals surface area contributed by atoms with Crippen LogP contribution in [0.5, 0.6) is 0 Å². The normalized spacial score (nSPS) is 18.5. The van der Waals surface area contributed by atoms with Gasteiger partial charge in [0, 0.05) is 0 Å². The lowest BCUT2D eigenvalue weighted by Crippen LogP contribution is -2.17. The molecule has 0 radical (unpaired) electrons. The third kappa shape index (κ3) is 3.56. The molecule has 0 heterocycles. The summed E-state index contributed by atoms with van der Waals surface area (Å²) in [7, 11) is 0. The van der Waals surface area contributed by atoms with E-state index in [0.717, 1.165) is 25.3 Å². The molecule has 1 aliphatic carbocycles. The fourth-order valence-electron chi connectivity index (χ4n) is 2.90. The topological polar surface area (TPSA) is 57.5 Å². The zero-order valence-corrected chi connectivity index (χ0v) is 11.4. The van der Waals surface area contributed by atoms with Crippen LogP contribution in [0.1, 0.15) is 60.8 Å². The Bertz CT molecular complexity index is 519. The number of rotatable bonds is 3. The van der Waals surface area contributed by atoms with Gasteiger partial charge in [-0.25, -0.2) is 4.79 Å². The zero-order chi connectivity index (χ0) is 15.6. The van der Waals surface area contributed by atoms with Crippen molar-refractivity contribution in [3.05, 3.63) is 34.9 Å². The number of hydrogen-bond acceptors (Lipinski definition) is 2. The van der Waals surface area contributed by atoms with Gasteiger partial charge in [-0.3, -0.25) is 0 Å². The zero-order valence-electron chi connectivity index (χ0n) is 11.4. The summed E-state index contributed by atoms with van der Waals surface area (Å²) in [6.07, 6.45) is -2.22. The van der Waals surface area contributed by atoms with Gasteiger partial charge in [-0.2, -0.15) is 13.2 Å². The molecule has 3 nitrogen and oxygen atoms in total. The first-order valence-corrected chi connectivity index (χ1v) is 6.92. The minimum absolute atomic E-state index is 0.147. The first-order valence-electron chi connectivity index (χ1n) is 6.92. The largest absolute Gasteiger partial charge is 0.479 e. The highest BCUT2D eigenvalue weighted by atomic mass is 19.4. The van der Waals surface area contributed by atoms with Crippen molar-refractivity contribution in [3.8, 4) is 0 Å². The van der Waals surface area contributed by atoms with Crippen LogP contribution in [0.25, 0.3) is 0 Å². The van der Waals surface area contributed by atoms with E-state index in [1.807, 2.05) is 0 Å². The van der Waals surface area contributed by atoms with E-state index in [4.69, 9.17) is 5.11 Å². The number of carboxylic acid groups (broad SMARTS) is 1. The quantitative estimate of drug-likeness (QED) is 0.891. The Hall–Kier alpha value is -1.56. The number of carbonyl (C=O) groups is 1. The van der Waals surface area contributed by atoms with E-state index < -0.39 is 23.8 Å². The molecule has 6 heteroatoms. The van der Waals surface area contributed by atoms with Crippen LogP contribution >= 0.6 is 0 Å². The molecule has 1 unspecified atom stereocenters. The van der Waals surface area contributed by atoms with Crippen LogP contribution in [0.2, 0.25) is 0 Å². The van der Waals surface area contributed by atoms with Crippen molar-refractivity contribution in [2.75, 3.05) is 0 Å². The molecule has 1 atom stereocenters. The Morgan fingerprint density at radius 3 is 2.33 bits per heavy atom. The number of hydrogen-bond donors (Lipinski definition) is 2. The third-order valence-corrected chi connectivity index (χ3v) is 3.98. The van der Waals surface area contributed by atoms with E-state index in [1.165, 1.54) is 12.1 Å². The standard InChI is InChI=1S/C15H17F3O3/c16-15(17,18)12-8-10(13(19)14(20)21)6-7-11(12)9-4-2-1-3-5-9/h6-9,13,19H,1-5H2,(H,20,21). The van der Waals surface area contributed by atoms with Gasteiger partial charge in [0.25, 0.3) is 0 Å². The van der Waals surface area contributed by atoms with Gasteiger partial charge in [0.1, 0.15) is 0 Å². The number of aliphatic hydroxyl groups is 1. The molecule has 1 aromatic rings. The van der Waals surface area contributed by atoms with Crippen LogP contribution in [-0.2, 0) is 11.0 Å². The van der Waals surface area contributed by atoms with Crippen LogP contribution in [-0.4, -0.2) is 16.2 Å². The number of aliphatic hydroxyl groups excluding tert-OH is 1. The molecule has 0 aromatic heterocycles. The summed E-state index contributed by atoms with van der Waals surface area (Å²) in [5.41, 5.74) is -0.856. The molecule has 2 N–H and O–H groups in total. The molecule has 1 fully saturated rings. The molecule has 116 valence electrons. The first-order chi connectivity index (χ1) is 9.80. The van der Waals surface area contributed by atoms with E-state index in [0.29, 0.717) is 12.8 Å². The number of alkyl halides is 3. The Balaban J connectivity index is 2.43. The number of halogens is 3. The molecule has 0 bridgehead atoms. The van der Waals surface area contributed by atoms with Crippen molar-refractivity contribution in [1.82, 2.24) is 0 Å². The maximum Gasteiger partial charge on any atom is 0.416 e. The summed E-state index contributed by atoms with van der Waals surface area (Å²) in [5.74, 6) is -1.71. The van der Waals surface area contributed by atoms with Gasteiger partial charge >= 0.3 is 12.1 Å². The predicted molar refractivity (Wildman–Crippen MR) is 69.9 cm³/mol. The average Bonchev–Trinajstić information content (AvgIpc) is 2.45. The van der Waals surface area contributed by atoms with Gasteiger partial charge in [-0.15, -0.1) is 0 Å². The molecule has 2 rings (SSSR count). The minimum atomic E-state index is -4.55. The van der Waals surface area contributed by atoms with Crippen molar-refractivity contribution in [3.63, 3.8) is 0 Å². The van der Waals surface area contributed by atoms with Crippen molar-refractivity contribution >= 4 is 5.97 Å². The second-order valence-corrected chi connectivity index (χ2v) is 5.42. The van der Waals surface area contributed by atoms with E-state index in [2.05, 4.69) is 0 Å². The van der Waals surface area contributed by atoms with Crippen LogP contribution in [0, 0.1) is 0 Å². The SMILES string of the molecule is O=C(O)C(O)c1ccc(C2CCCCC2)c(C(F)(F)F)c1. The molecule has 0 spiro atoms. The lowest BCUT2D eigenvalue weighted by atomic mass is 9.81. The summed E-state index contributed by atoms with van der Waals surface area (Å²) in [5, 5.41) is 18.1. The average molecular weight is 302 g/mol. The van der Waals surface area contributed by atoms with Gasteiger partial charge in [0.15, 0.2) is 6.10 Å². The van der Waals surface area contributed by atoms with Gasteiger partial charge in [-0.05, 0) is 36.0 Å². The summed E-state index contributed by atoms with van der Waals surface area (Å²) in [6, 6.07) is 3.36. The molecule has 0 saturated heterocycles. The van der Waals surface area contributed by atoms with E-state index >= 15 is 0 Å². The van der Waals surface area contributed by atoms with Crippen LogP contribution in [0.3, 0.4) is 0 Å². The monoisotopic (exact) mass is 302 g/mol. The van der Waals surface area contributed by atoms with Gasteiger partial charge in [0.2, 0.25) is 0 Å².